The standard InChI is InChI=1S/C8H9NO5/c1-2-5(10)7(8(13)14)9-4-3-6(11)12/h2,4,7H,1,3H2,(H,11,12)(H,13,14). The minimum Gasteiger partial charge on any atom is -0.481 e. The van der Waals surface area contributed by atoms with Crippen LogP contribution in [0.5, 0.6) is 0 Å². The summed E-state index contributed by atoms with van der Waals surface area (Å²) >= 11 is 0. The SMILES string of the molecule is C=CC(=O)C(N=CCC(=O)O)C(=O)O. The molecular formula is C8H9NO5. The first-order chi connectivity index (χ1) is 6.49. The number of carbonyl (C=O) groups excluding carboxylic acids is 1. The predicted molar refractivity (Wildman–Crippen MR) is 47.4 cm³/mol. The highest BCUT2D eigenvalue weighted by Crippen LogP contribution is 1.94. The average molecular weight is 199 g/mol. The minimum atomic E-state index is -1.59. The number of hydrogen-bond donors (Lipinski definition) is 2. The molecule has 0 amide bonds. The molecule has 1 atom stereocenters. The summed E-state index contributed by atoms with van der Waals surface area (Å²) < 4.78 is 0. The minimum absolute atomic E-state index is 0.422. The monoisotopic (exact) mass is 199 g/mol. The molecule has 0 aromatic rings. The van der Waals surface area contributed by atoms with Gasteiger partial charge in [0.25, 0.3) is 0 Å². The van der Waals surface area contributed by atoms with E-state index in [0.29, 0.717) is 0 Å². The molecule has 0 saturated heterocycles. The molecule has 6 nitrogen and oxygen atoms in total. The zero-order valence-corrected chi connectivity index (χ0v) is 7.21. The van der Waals surface area contributed by atoms with Gasteiger partial charge in [0.2, 0.25) is 6.04 Å². The molecule has 0 aliphatic rings. The first-order valence-corrected chi connectivity index (χ1v) is 3.61. The Kier molecular flexibility index (Phi) is 4.83. The van der Waals surface area contributed by atoms with Gasteiger partial charge in [-0.05, 0) is 6.08 Å². The van der Waals surface area contributed by atoms with Gasteiger partial charge in [-0.3, -0.25) is 14.6 Å². The van der Waals surface area contributed by atoms with Crippen molar-refractivity contribution in [2.24, 2.45) is 4.99 Å². The van der Waals surface area contributed by atoms with Crippen LogP contribution < -0.4 is 0 Å². The van der Waals surface area contributed by atoms with Crippen LogP contribution in [-0.4, -0.2) is 40.2 Å². The molecule has 0 spiro atoms. The third kappa shape index (κ3) is 4.15. The van der Waals surface area contributed by atoms with Crippen molar-refractivity contribution in [1.82, 2.24) is 0 Å². The van der Waals surface area contributed by atoms with Crippen LogP contribution in [0.25, 0.3) is 0 Å². The van der Waals surface area contributed by atoms with Crippen LogP contribution in [0.1, 0.15) is 6.42 Å². The molecule has 76 valence electrons. The molecule has 1 unspecified atom stereocenters. The molecule has 0 aromatic carbocycles. The van der Waals surface area contributed by atoms with Gasteiger partial charge in [0.1, 0.15) is 0 Å². The van der Waals surface area contributed by atoms with Gasteiger partial charge < -0.3 is 10.2 Å². The molecule has 2 N–H and O–H groups in total. The molecule has 0 aliphatic carbocycles. The highest BCUT2D eigenvalue weighted by Gasteiger charge is 2.21. The van der Waals surface area contributed by atoms with E-state index in [2.05, 4.69) is 11.6 Å². The van der Waals surface area contributed by atoms with Crippen molar-refractivity contribution in [2.75, 3.05) is 0 Å². The maximum atomic E-state index is 10.9. The second kappa shape index (κ2) is 5.63. The van der Waals surface area contributed by atoms with E-state index < -0.39 is 30.2 Å². The van der Waals surface area contributed by atoms with Crippen molar-refractivity contribution >= 4 is 23.9 Å². The van der Waals surface area contributed by atoms with Crippen LogP contribution in [0, 0.1) is 0 Å². The van der Waals surface area contributed by atoms with Gasteiger partial charge >= 0.3 is 11.9 Å². The van der Waals surface area contributed by atoms with Crippen LogP contribution >= 0.6 is 0 Å². The topological polar surface area (TPSA) is 104 Å². The molecule has 0 fully saturated rings. The Morgan fingerprint density at radius 3 is 2.29 bits per heavy atom. The first-order valence-electron chi connectivity index (χ1n) is 3.61. The fourth-order valence-electron chi connectivity index (χ4n) is 0.607. The smallest absolute Gasteiger partial charge is 0.336 e. The van der Waals surface area contributed by atoms with Crippen LogP contribution in [0.3, 0.4) is 0 Å². The van der Waals surface area contributed by atoms with E-state index in [1.807, 2.05) is 0 Å². The van der Waals surface area contributed by atoms with E-state index in [-0.39, 0.29) is 0 Å². The summed E-state index contributed by atoms with van der Waals surface area (Å²) in [5.74, 6) is -3.36. The summed E-state index contributed by atoms with van der Waals surface area (Å²) in [4.78, 5) is 34.7. The predicted octanol–water partition coefficient (Wildman–Crippen LogP) is -0.260. The maximum absolute atomic E-state index is 10.9. The molecule has 0 rings (SSSR count). The zero-order chi connectivity index (χ0) is 11.1. The summed E-state index contributed by atoms with van der Waals surface area (Å²) in [5.41, 5.74) is 0. The van der Waals surface area contributed by atoms with Gasteiger partial charge in [-0.15, -0.1) is 0 Å². The highest BCUT2D eigenvalue weighted by molar-refractivity contribution is 6.08. The van der Waals surface area contributed by atoms with Crippen molar-refractivity contribution in [2.45, 2.75) is 12.5 Å². The normalized spacial score (nSPS) is 12.3. The molecule has 0 bridgehead atoms. The summed E-state index contributed by atoms with van der Waals surface area (Å²) in [6, 6.07) is -1.59. The second-order valence-corrected chi connectivity index (χ2v) is 2.28. The van der Waals surface area contributed by atoms with E-state index in [0.717, 1.165) is 12.3 Å². The average Bonchev–Trinajstić information content (AvgIpc) is 2.10. The third-order valence-corrected chi connectivity index (χ3v) is 1.22. The third-order valence-electron chi connectivity index (χ3n) is 1.22. The number of carboxylic acids is 2. The Hall–Kier alpha value is -1.98. The van der Waals surface area contributed by atoms with Crippen LogP contribution in [0.2, 0.25) is 0 Å². The Morgan fingerprint density at radius 1 is 1.36 bits per heavy atom. The summed E-state index contributed by atoms with van der Waals surface area (Å²) in [5, 5.41) is 16.7. The van der Waals surface area contributed by atoms with Crippen LogP contribution in [0.4, 0.5) is 0 Å². The fourth-order valence-corrected chi connectivity index (χ4v) is 0.607. The Bertz CT molecular complexity index is 294. The molecule has 0 radical (unpaired) electrons. The Balaban J connectivity index is 4.45. The lowest BCUT2D eigenvalue weighted by Gasteiger charge is -2.00. The van der Waals surface area contributed by atoms with E-state index >= 15 is 0 Å². The van der Waals surface area contributed by atoms with Crippen molar-refractivity contribution in [3.8, 4) is 0 Å². The molecule has 14 heavy (non-hydrogen) atoms. The quantitative estimate of drug-likeness (QED) is 0.348. The van der Waals surface area contributed by atoms with Crippen molar-refractivity contribution in [3.05, 3.63) is 12.7 Å². The van der Waals surface area contributed by atoms with Crippen LogP contribution in [-0.2, 0) is 14.4 Å². The summed E-state index contributed by atoms with van der Waals surface area (Å²) in [6.45, 7) is 3.10. The van der Waals surface area contributed by atoms with Gasteiger partial charge in [-0.2, -0.15) is 0 Å². The number of rotatable bonds is 6. The number of carboxylic acid groups (broad SMARTS) is 2. The lowest BCUT2D eigenvalue weighted by Crippen LogP contribution is -2.26. The van der Waals surface area contributed by atoms with E-state index in [4.69, 9.17) is 10.2 Å². The number of carbonyl (C=O) groups is 3. The largest absolute Gasteiger partial charge is 0.481 e. The molecule has 0 saturated carbocycles. The number of aliphatic carboxylic acids is 2. The lowest BCUT2D eigenvalue weighted by atomic mass is 10.2. The summed E-state index contributed by atoms with van der Waals surface area (Å²) in [6.07, 6.45) is 1.29. The van der Waals surface area contributed by atoms with Gasteiger partial charge in [-0.25, -0.2) is 4.79 Å². The van der Waals surface area contributed by atoms with Gasteiger partial charge in [-0.1, -0.05) is 6.58 Å². The number of aliphatic imine (C=N–C) groups is 1. The fraction of sp³-hybridized carbons (Fsp3) is 0.250. The lowest BCUT2D eigenvalue weighted by molar-refractivity contribution is -0.141. The van der Waals surface area contributed by atoms with Crippen molar-refractivity contribution < 1.29 is 24.6 Å². The Morgan fingerprint density at radius 2 is 1.93 bits per heavy atom. The van der Waals surface area contributed by atoms with Crippen molar-refractivity contribution in [3.63, 3.8) is 0 Å². The molecule has 6 heteroatoms. The number of hydrogen-bond acceptors (Lipinski definition) is 4. The van der Waals surface area contributed by atoms with E-state index in [1.165, 1.54) is 0 Å². The zero-order valence-electron chi connectivity index (χ0n) is 7.21. The molecular weight excluding hydrogens is 190 g/mol. The number of ketones is 1. The molecule has 0 aliphatic heterocycles. The summed E-state index contributed by atoms with van der Waals surface area (Å²) in [7, 11) is 0. The maximum Gasteiger partial charge on any atom is 0.336 e. The molecule has 0 aromatic heterocycles. The van der Waals surface area contributed by atoms with Crippen LogP contribution in [0.15, 0.2) is 17.6 Å². The first kappa shape index (κ1) is 12.0. The van der Waals surface area contributed by atoms with Crippen molar-refractivity contribution in [1.29, 1.82) is 0 Å². The van der Waals surface area contributed by atoms with E-state index in [1.54, 1.807) is 0 Å². The molecule has 0 heterocycles. The number of nitrogens with zero attached hydrogens (tertiary/aromatic N) is 1. The Labute approximate surface area is 79.6 Å². The highest BCUT2D eigenvalue weighted by atomic mass is 16.4. The van der Waals surface area contributed by atoms with Gasteiger partial charge in [0.15, 0.2) is 5.78 Å². The second-order valence-electron chi connectivity index (χ2n) is 2.28. The van der Waals surface area contributed by atoms with Gasteiger partial charge in [0, 0.05) is 6.21 Å². The van der Waals surface area contributed by atoms with E-state index in [9.17, 15) is 14.4 Å². The van der Waals surface area contributed by atoms with Gasteiger partial charge in [0.05, 0.1) is 6.42 Å².